The number of aryl methyl sites for hydroxylation is 1. The van der Waals surface area contributed by atoms with Crippen molar-refractivity contribution in [2.24, 2.45) is 7.05 Å². The number of likely N-dealkylation sites (tertiary alicyclic amines) is 1. The molecule has 3 aliphatic rings. The first-order valence-electron chi connectivity index (χ1n) is 12.7. The standard InChI is InChI=1S/C26H38N6O2/c1-28-12-14-31(15-13-28)24(33)9-8-20-16-27-26(34)25-23(30(20)3)10-11-32(25)18-19-17-29(2)22-7-5-4-6-21(19)22/h4-7,17,20,23,25H,8-16,18H2,1-3H3,(H,27,34)/t20-,23-,25-/m0/s1. The van der Waals surface area contributed by atoms with Crippen molar-refractivity contribution in [1.82, 2.24) is 29.5 Å². The second kappa shape index (κ2) is 9.68. The maximum absolute atomic E-state index is 13.2. The molecule has 2 amide bonds. The second-order valence-corrected chi connectivity index (χ2v) is 10.3. The SMILES string of the molecule is CN1CCN(C(=O)CC[C@H]2CNC(=O)[C@@H]3[C@H](CCN3Cc3cn(C)c4ccccc34)N2C)CC1. The number of para-hydroxylation sites is 1. The Bertz CT molecular complexity index is 1040. The largest absolute Gasteiger partial charge is 0.353 e. The van der Waals surface area contributed by atoms with Crippen LogP contribution in [0.2, 0.25) is 0 Å². The predicted octanol–water partition coefficient (Wildman–Crippen LogP) is 1.11. The third kappa shape index (κ3) is 4.46. The normalized spacial score (nSPS) is 27.1. The van der Waals surface area contributed by atoms with E-state index < -0.39 is 0 Å². The summed E-state index contributed by atoms with van der Waals surface area (Å²) in [4.78, 5) is 35.0. The fourth-order valence-electron chi connectivity index (χ4n) is 6.10. The van der Waals surface area contributed by atoms with Gasteiger partial charge in [0.15, 0.2) is 0 Å². The Morgan fingerprint density at radius 3 is 2.62 bits per heavy atom. The third-order valence-corrected chi connectivity index (χ3v) is 8.25. The van der Waals surface area contributed by atoms with Crippen LogP contribution in [0.4, 0.5) is 0 Å². The van der Waals surface area contributed by atoms with E-state index >= 15 is 0 Å². The van der Waals surface area contributed by atoms with Gasteiger partial charge in [0, 0.05) is 88.5 Å². The number of carbonyl (C=O) groups is 2. The van der Waals surface area contributed by atoms with Crippen LogP contribution in [0.25, 0.3) is 10.9 Å². The van der Waals surface area contributed by atoms with Crippen molar-refractivity contribution in [2.45, 2.75) is 43.9 Å². The Kier molecular flexibility index (Phi) is 6.64. The third-order valence-electron chi connectivity index (χ3n) is 8.25. The molecule has 0 radical (unpaired) electrons. The van der Waals surface area contributed by atoms with Gasteiger partial charge in [-0.2, -0.15) is 0 Å². The van der Waals surface area contributed by atoms with Gasteiger partial charge in [0.05, 0.1) is 0 Å². The molecular formula is C26H38N6O2. The summed E-state index contributed by atoms with van der Waals surface area (Å²) >= 11 is 0. The number of benzene rings is 1. The van der Waals surface area contributed by atoms with Crippen molar-refractivity contribution in [1.29, 1.82) is 0 Å². The van der Waals surface area contributed by atoms with E-state index in [0.29, 0.717) is 13.0 Å². The molecule has 184 valence electrons. The number of carbonyl (C=O) groups excluding carboxylic acids is 2. The fraction of sp³-hybridized carbons (Fsp3) is 0.615. The van der Waals surface area contributed by atoms with E-state index in [1.54, 1.807) is 0 Å². The molecular weight excluding hydrogens is 428 g/mol. The summed E-state index contributed by atoms with van der Waals surface area (Å²) in [5, 5.41) is 4.46. The number of likely N-dealkylation sites (N-methyl/N-ethyl adjacent to an activating group) is 2. The van der Waals surface area contributed by atoms with Crippen molar-refractivity contribution >= 4 is 22.7 Å². The predicted molar refractivity (Wildman–Crippen MR) is 133 cm³/mol. The van der Waals surface area contributed by atoms with Crippen LogP contribution >= 0.6 is 0 Å². The molecule has 1 aromatic carbocycles. The average molecular weight is 467 g/mol. The summed E-state index contributed by atoms with van der Waals surface area (Å²) in [7, 11) is 6.33. The van der Waals surface area contributed by atoms with Gasteiger partial charge in [-0.1, -0.05) is 18.2 Å². The number of nitrogens with zero attached hydrogens (tertiary/aromatic N) is 5. The lowest BCUT2D eigenvalue weighted by atomic mass is 10.0. The number of aromatic nitrogens is 1. The van der Waals surface area contributed by atoms with E-state index in [9.17, 15) is 9.59 Å². The van der Waals surface area contributed by atoms with E-state index in [2.05, 4.69) is 76.2 Å². The van der Waals surface area contributed by atoms with Crippen LogP contribution < -0.4 is 5.32 Å². The van der Waals surface area contributed by atoms with Gasteiger partial charge in [0.25, 0.3) is 0 Å². The van der Waals surface area contributed by atoms with Crippen LogP contribution in [-0.2, 0) is 23.2 Å². The fourth-order valence-corrected chi connectivity index (χ4v) is 6.10. The zero-order valence-corrected chi connectivity index (χ0v) is 20.7. The second-order valence-electron chi connectivity index (χ2n) is 10.3. The zero-order valence-electron chi connectivity index (χ0n) is 20.7. The van der Waals surface area contributed by atoms with E-state index in [0.717, 1.165) is 52.1 Å². The van der Waals surface area contributed by atoms with E-state index in [-0.39, 0.29) is 29.9 Å². The van der Waals surface area contributed by atoms with E-state index in [1.165, 1.54) is 16.5 Å². The van der Waals surface area contributed by atoms with Crippen LogP contribution in [0.1, 0.15) is 24.8 Å². The molecule has 4 heterocycles. The van der Waals surface area contributed by atoms with Crippen molar-refractivity contribution in [2.75, 3.05) is 53.4 Å². The highest BCUT2D eigenvalue weighted by atomic mass is 16.2. The summed E-state index contributed by atoms with van der Waals surface area (Å²) in [5.74, 6) is 0.375. The molecule has 2 aromatic rings. The number of nitrogens with one attached hydrogen (secondary N) is 1. The Morgan fingerprint density at radius 2 is 1.82 bits per heavy atom. The van der Waals surface area contributed by atoms with Crippen molar-refractivity contribution in [3.8, 4) is 0 Å². The minimum Gasteiger partial charge on any atom is -0.353 e. The highest BCUT2D eigenvalue weighted by molar-refractivity contribution is 5.85. The monoisotopic (exact) mass is 466 g/mol. The van der Waals surface area contributed by atoms with Gasteiger partial charge in [0.1, 0.15) is 6.04 Å². The van der Waals surface area contributed by atoms with Crippen LogP contribution in [0.3, 0.4) is 0 Å². The maximum atomic E-state index is 13.2. The highest BCUT2D eigenvalue weighted by Gasteiger charge is 2.45. The number of rotatable bonds is 5. The van der Waals surface area contributed by atoms with Crippen LogP contribution in [0.5, 0.6) is 0 Å². The number of piperazine rings is 1. The van der Waals surface area contributed by atoms with E-state index in [1.807, 2.05) is 4.90 Å². The lowest BCUT2D eigenvalue weighted by Gasteiger charge is -2.35. The van der Waals surface area contributed by atoms with Gasteiger partial charge in [0.2, 0.25) is 11.8 Å². The van der Waals surface area contributed by atoms with Gasteiger partial charge < -0.3 is 19.7 Å². The van der Waals surface area contributed by atoms with Gasteiger partial charge >= 0.3 is 0 Å². The van der Waals surface area contributed by atoms with E-state index in [4.69, 9.17) is 0 Å². The molecule has 1 N–H and O–H groups in total. The molecule has 34 heavy (non-hydrogen) atoms. The van der Waals surface area contributed by atoms with Crippen LogP contribution in [0.15, 0.2) is 30.5 Å². The molecule has 3 aliphatic heterocycles. The minimum absolute atomic E-state index is 0.127. The Balaban J connectivity index is 1.24. The lowest BCUT2D eigenvalue weighted by molar-refractivity contribution is -0.133. The number of amides is 2. The first-order valence-corrected chi connectivity index (χ1v) is 12.7. The van der Waals surface area contributed by atoms with Gasteiger partial charge in [-0.05, 0) is 38.6 Å². The maximum Gasteiger partial charge on any atom is 0.239 e. The molecule has 8 heteroatoms. The summed E-state index contributed by atoms with van der Waals surface area (Å²) in [6.45, 7) is 5.82. The van der Waals surface area contributed by atoms with Crippen LogP contribution in [0, 0.1) is 0 Å². The average Bonchev–Trinajstić information content (AvgIpc) is 3.37. The molecule has 1 aromatic heterocycles. The zero-order chi connectivity index (χ0) is 23.8. The quantitative estimate of drug-likeness (QED) is 0.715. The van der Waals surface area contributed by atoms with Crippen molar-refractivity contribution in [3.63, 3.8) is 0 Å². The number of fused-ring (bicyclic) bond motifs is 2. The topological polar surface area (TPSA) is 64.1 Å². The Hall–Kier alpha value is -2.42. The number of hydrogen-bond acceptors (Lipinski definition) is 5. The molecule has 3 fully saturated rings. The molecule has 0 aliphatic carbocycles. The minimum atomic E-state index is -0.151. The number of hydrogen-bond donors (Lipinski definition) is 1. The molecule has 0 saturated carbocycles. The summed E-state index contributed by atoms with van der Waals surface area (Å²) in [6, 6.07) is 8.69. The molecule has 3 saturated heterocycles. The first kappa shape index (κ1) is 23.3. The highest BCUT2D eigenvalue weighted by Crippen LogP contribution is 2.30. The van der Waals surface area contributed by atoms with Crippen molar-refractivity contribution < 1.29 is 9.59 Å². The molecule has 0 spiro atoms. The smallest absolute Gasteiger partial charge is 0.239 e. The molecule has 8 nitrogen and oxygen atoms in total. The first-order chi connectivity index (χ1) is 16.4. The molecule has 0 unspecified atom stereocenters. The van der Waals surface area contributed by atoms with Crippen LogP contribution in [-0.4, -0.2) is 107 Å². The van der Waals surface area contributed by atoms with Gasteiger partial charge in [-0.15, -0.1) is 0 Å². The molecule has 5 rings (SSSR count). The van der Waals surface area contributed by atoms with Gasteiger partial charge in [-0.3, -0.25) is 19.4 Å². The summed E-state index contributed by atoms with van der Waals surface area (Å²) in [6.07, 6.45) is 4.51. The summed E-state index contributed by atoms with van der Waals surface area (Å²) < 4.78 is 2.17. The Labute approximate surface area is 202 Å². The molecule has 3 atom stereocenters. The lowest BCUT2D eigenvalue weighted by Crippen LogP contribution is -2.50. The van der Waals surface area contributed by atoms with Crippen molar-refractivity contribution in [3.05, 3.63) is 36.0 Å². The molecule has 0 bridgehead atoms. The van der Waals surface area contributed by atoms with Gasteiger partial charge in [-0.25, -0.2) is 0 Å². The summed E-state index contributed by atoms with van der Waals surface area (Å²) in [5.41, 5.74) is 2.49. The Morgan fingerprint density at radius 1 is 1.06 bits per heavy atom.